The van der Waals surface area contributed by atoms with Crippen LogP contribution in [-0.2, 0) is 19.1 Å². The highest BCUT2D eigenvalue weighted by molar-refractivity contribution is 8.02. The number of carbonyl (C=O) groups is 3. The Labute approximate surface area is 238 Å². The first kappa shape index (κ1) is 30.2. The van der Waals surface area contributed by atoms with E-state index in [0.717, 1.165) is 70.6 Å². The molecule has 3 heterocycles. The molecule has 3 saturated heterocycles. The highest BCUT2D eigenvalue weighted by Gasteiger charge is 2.77. The third-order valence-corrected chi connectivity index (χ3v) is 11.5. The Morgan fingerprint density at radius 1 is 1.10 bits per heavy atom. The summed E-state index contributed by atoms with van der Waals surface area (Å²) >= 11 is 1.72. The maximum Gasteiger partial charge on any atom is 0.311 e. The summed E-state index contributed by atoms with van der Waals surface area (Å²) in [5, 5.41) is 9.17. The van der Waals surface area contributed by atoms with Gasteiger partial charge in [0.15, 0.2) is 0 Å². The van der Waals surface area contributed by atoms with Crippen LogP contribution < -0.4 is 0 Å². The normalized spacial score (nSPS) is 31.8. The molecule has 39 heavy (non-hydrogen) atoms. The molecule has 2 unspecified atom stereocenters. The second kappa shape index (κ2) is 13.2. The number of ether oxygens (including phenoxy) is 1. The first-order valence-electron chi connectivity index (χ1n) is 15.1. The summed E-state index contributed by atoms with van der Waals surface area (Å²) < 4.78 is 4.72. The molecule has 0 aromatic rings. The SMILES string of the molecule is C=CCCCOC(=O)[C@@H]1[C@H]2C(=O)N(CCCCCCO)C(C(=O)N(CC=C)C3CCCCC3)C23CC[C@@]1(C)S3. The molecular formula is C31H48N2O5S. The van der Waals surface area contributed by atoms with E-state index in [2.05, 4.69) is 20.1 Å². The van der Waals surface area contributed by atoms with E-state index in [9.17, 15) is 19.5 Å². The van der Waals surface area contributed by atoms with Gasteiger partial charge in [-0.05, 0) is 58.3 Å². The lowest BCUT2D eigenvalue weighted by Gasteiger charge is -2.41. The van der Waals surface area contributed by atoms with E-state index in [4.69, 9.17) is 4.74 Å². The van der Waals surface area contributed by atoms with E-state index in [0.29, 0.717) is 26.1 Å². The van der Waals surface area contributed by atoms with Crippen molar-refractivity contribution < 1.29 is 24.2 Å². The number of fused-ring (bicyclic) bond motifs is 1. The van der Waals surface area contributed by atoms with Gasteiger partial charge in [-0.15, -0.1) is 24.9 Å². The fourth-order valence-electron chi connectivity index (χ4n) is 7.65. The standard InChI is InChI=1S/C31H48N2O5S/c1-4-6-14-22-38-29(37)25-24-27(35)33(20-12-7-8-13-21-34)26(31(24)18-17-30(25,3)39-31)28(36)32(19-5-2)23-15-10-9-11-16-23/h4-5,23-26,34H,1-2,6-22H2,3H3/t24-,25-,26?,30+,31?/m0/s1. The average Bonchev–Trinajstić information content (AvgIpc) is 3.50. The first-order valence-corrected chi connectivity index (χ1v) is 16.0. The minimum atomic E-state index is -0.604. The number of carbonyl (C=O) groups excluding carboxylic acids is 3. The van der Waals surface area contributed by atoms with Gasteiger partial charge in [0.1, 0.15) is 6.04 Å². The van der Waals surface area contributed by atoms with Crippen LogP contribution in [0.4, 0.5) is 0 Å². The molecule has 218 valence electrons. The largest absolute Gasteiger partial charge is 0.465 e. The highest BCUT2D eigenvalue weighted by atomic mass is 32.2. The molecule has 0 radical (unpaired) electrons. The number of esters is 1. The minimum Gasteiger partial charge on any atom is -0.465 e. The van der Waals surface area contributed by atoms with Crippen molar-refractivity contribution in [1.82, 2.24) is 9.80 Å². The molecule has 1 N–H and O–H groups in total. The van der Waals surface area contributed by atoms with E-state index in [1.54, 1.807) is 11.8 Å². The number of hydrogen-bond donors (Lipinski definition) is 1. The molecule has 0 aromatic carbocycles. The molecule has 2 amide bonds. The predicted molar refractivity (Wildman–Crippen MR) is 155 cm³/mol. The Hall–Kier alpha value is -1.80. The summed E-state index contributed by atoms with van der Waals surface area (Å²) in [5.74, 6) is -1.38. The summed E-state index contributed by atoms with van der Waals surface area (Å²) in [4.78, 5) is 46.2. The van der Waals surface area contributed by atoms with Gasteiger partial charge in [0.25, 0.3) is 0 Å². The zero-order valence-corrected chi connectivity index (χ0v) is 24.6. The lowest BCUT2D eigenvalue weighted by molar-refractivity contribution is -0.155. The number of aliphatic hydroxyl groups excluding tert-OH is 1. The number of aliphatic hydroxyl groups is 1. The van der Waals surface area contributed by atoms with Crippen molar-refractivity contribution in [3.8, 4) is 0 Å². The van der Waals surface area contributed by atoms with Crippen LogP contribution in [0.2, 0.25) is 0 Å². The summed E-state index contributed by atoms with van der Waals surface area (Å²) in [6, 6.07) is -0.397. The Morgan fingerprint density at radius 2 is 1.85 bits per heavy atom. The summed E-state index contributed by atoms with van der Waals surface area (Å²) in [6.45, 7) is 11.3. The van der Waals surface area contributed by atoms with Crippen LogP contribution in [-0.4, -0.2) is 80.6 Å². The first-order chi connectivity index (χ1) is 18.8. The summed E-state index contributed by atoms with van der Waals surface area (Å²) in [5.41, 5.74) is 0. The zero-order valence-electron chi connectivity index (χ0n) is 23.8. The number of rotatable bonds is 15. The number of nitrogens with zero attached hydrogens (tertiary/aromatic N) is 2. The molecule has 4 fully saturated rings. The van der Waals surface area contributed by atoms with Crippen molar-refractivity contribution in [2.45, 2.75) is 112 Å². The number of unbranched alkanes of at least 4 members (excludes halogenated alkanes) is 4. The van der Waals surface area contributed by atoms with E-state index in [1.165, 1.54) is 6.42 Å². The van der Waals surface area contributed by atoms with Crippen molar-refractivity contribution in [3.63, 3.8) is 0 Å². The smallest absolute Gasteiger partial charge is 0.311 e. The van der Waals surface area contributed by atoms with Gasteiger partial charge in [-0.2, -0.15) is 0 Å². The third kappa shape index (κ3) is 5.83. The second-order valence-electron chi connectivity index (χ2n) is 12.1. The quantitative estimate of drug-likeness (QED) is 0.175. The Kier molecular flexibility index (Phi) is 10.2. The molecule has 1 spiro atoms. The average molecular weight is 561 g/mol. The highest BCUT2D eigenvalue weighted by Crippen LogP contribution is 2.71. The number of amides is 2. The van der Waals surface area contributed by atoms with E-state index in [-0.39, 0.29) is 30.4 Å². The Bertz CT molecular complexity index is 921. The van der Waals surface area contributed by atoms with Crippen LogP contribution in [0.1, 0.15) is 90.4 Å². The Morgan fingerprint density at radius 3 is 2.54 bits per heavy atom. The monoisotopic (exact) mass is 560 g/mol. The van der Waals surface area contributed by atoms with Crippen LogP contribution in [0.15, 0.2) is 25.3 Å². The maximum atomic E-state index is 14.6. The number of likely N-dealkylation sites (tertiary alicyclic amines) is 1. The molecule has 3 aliphatic heterocycles. The summed E-state index contributed by atoms with van der Waals surface area (Å²) in [7, 11) is 0. The molecular weight excluding hydrogens is 512 g/mol. The van der Waals surface area contributed by atoms with Gasteiger partial charge in [-0.1, -0.05) is 44.3 Å². The number of hydrogen-bond acceptors (Lipinski definition) is 6. The predicted octanol–water partition coefficient (Wildman–Crippen LogP) is 4.88. The molecule has 8 heteroatoms. The van der Waals surface area contributed by atoms with Crippen molar-refractivity contribution in [2.75, 3.05) is 26.3 Å². The lowest BCUT2D eigenvalue weighted by atomic mass is 9.66. The second-order valence-corrected chi connectivity index (χ2v) is 14.0. The van der Waals surface area contributed by atoms with Gasteiger partial charge < -0.3 is 19.6 Å². The van der Waals surface area contributed by atoms with Crippen molar-refractivity contribution in [3.05, 3.63) is 25.3 Å². The van der Waals surface area contributed by atoms with Crippen LogP contribution >= 0.6 is 11.8 Å². The fraction of sp³-hybridized carbons (Fsp3) is 0.774. The van der Waals surface area contributed by atoms with Crippen LogP contribution in [0.5, 0.6) is 0 Å². The van der Waals surface area contributed by atoms with Gasteiger partial charge in [0, 0.05) is 30.5 Å². The zero-order chi connectivity index (χ0) is 28.0. The van der Waals surface area contributed by atoms with Gasteiger partial charge in [0.05, 0.1) is 23.2 Å². The molecule has 7 nitrogen and oxygen atoms in total. The van der Waals surface area contributed by atoms with Crippen molar-refractivity contribution in [2.24, 2.45) is 11.8 Å². The van der Waals surface area contributed by atoms with Crippen LogP contribution in [0.25, 0.3) is 0 Å². The molecule has 4 rings (SSSR count). The molecule has 2 bridgehead atoms. The lowest BCUT2D eigenvalue weighted by Crippen LogP contribution is -2.57. The van der Waals surface area contributed by atoms with Gasteiger partial charge >= 0.3 is 5.97 Å². The van der Waals surface area contributed by atoms with E-state index < -0.39 is 27.4 Å². The number of allylic oxidation sites excluding steroid dienone is 1. The molecule has 1 aliphatic carbocycles. The fourth-order valence-corrected chi connectivity index (χ4v) is 9.99. The number of thioether (sulfide) groups is 1. The molecule has 5 atom stereocenters. The topological polar surface area (TPSA) is 87.1 Å². The van der Waals surface area contributed by atoms with E-state index in [1.807, 2.05) is 22.0 Å². The third-order valence-electron chi connectivity index (χ3n) is 9.49. The molecule has 0 aromatic heterocycles. The molecule has 1 saturated carbocycles. The van der Waals surface area contributed by atoms with Crippen molar-refractivity contribution >= 4 is 29.5 Å². The van der Waals surface area contributed by atoms with Gasteiger partial charge in [0.2, 0.25) is 11.8 Å². The van der Waals surface area contributed by atoms with Crippen LogP contribution in [0, 0.1) is 11.8 Å². The summed E-state index contributed by atoms with van der Waals surface area (Å²) in [6.07, 6.45) is 15.4. The van der Waals surface area contributed by atoms with Crippen molar-refractivity contribution in [1.29, 1.82) is 0 Å². The van der Waals surface area contributed by atoms with E-state index >= 15 is 0 Å². The van der Waals surface area contributed by atoms with Gasteiger partial charge in [-0.25, -0.2) is 0 Å². The molecule has 4 aliphatic rings. The van der Waals surface area contributed by atoms with Crippen LogP contribution in [0.3, 0.4) is 0 Å². The minimum absolute atomic E-state index is 0.0322. The maximum absolute atomic E-state index is 14.6. The van der Waals surface area contributed by atoms with Gasteiger partial charge in [-0.3, -0.25) is 14.4 Å². The Balaban J connectivity index is 1.64.